The van der Waals surface area contributed by atoms with Gasteiger partial charge in [-0.2, -0.15) is 0 Å². The van der Waals surface area contributed by atoms with Gasteiger partial charge in [-0.1, -0.05) is 35.3 Å². The molecule has 30 heavy (non-hydrogen) atoms. The van der Waals surface area contributed by atoms with Crippen LogP contribution in [-0.2, 0) is 9.47 Å². The summed E-state index contributed by atoms with van der Waals surface area (Å²) in [6, 6.07) is 5.34. The molecule has 0 aliphatic heterocycles. The van der Waals surface area contributed by atoms with Crippen molar-refractivity contribution in [2.45, 2.75) is 13.8 Å². The zero-order chi connectivity index (χ0) is 22.6. The summed E-state index contributed by atoms with van der Waals surface area (Å²) in [6.45, 7) is 2.74. The van der Waals surface area contributed by atoms with Crippen LogP contribution in [0.15, 0.2) is 24.3 Å². The van der Waals surface area contributed by atoms with E-state index in [1.54, 1.807) is 0 Å². The molecule has 0 aromatic heterocycles. The summed E-state index contributed by atoms with van der Waals surface area (Å²) < 4.78 is 9.91. The van der Waals surface area contributed by atoms with Crippen LogP contribution in [-0.4, -0.2) is 47.3 Å². The minimum absolute atomic E-state index is 0.0288. The fourth-order valence-corrected chi connectivity index (χ4v) is 3.22. The van der Waals surface area contributed by atoms with Crippen LogP contribution in [0.2, 0.25) is 10.0 Å². The van der Waals surface area contributed by atoms with Gasteiger partial charge in [-0.25, -0.2) is 19.2 Å². The number of hydrogen-bond donors (Lipinski definition) is 2. The van der Waals surface area contributed by atoms with Crippen molar-refractivity contribution in [1.82, 2.24) is 0 Å². The van der Waals surface area contributed by atoms with Crippen LogP contribution < -0.4 is 0 Å². The summed E-state index contributed by atoms with van der Waals surface area (Å²) in [5.74, 6) is -5.61. The van der Waals surface area contributed by atoms with Crippen molar-refractivity contribution in [2.24, 2.45) is 0 Å². The van der Waals surface area contributed by atoms with E-state index in [4.69, 9.17) is 32.7 Å². The van der Waals surface area contributed by atoms with Crippen molar-refractivity contribution < 1.29 is 38.9 Å². The summed E-state index contributed by atoms with van der Waals surface area (Å²) in [6.07, 6.45) is 0. The summed E-state index contributed by atoms with van der Waals surface area (Å²) in [4.78, 5) is 49.1. The summed E-state index contributed by atoms with van der Waals surface area (Å²) in [5.41, 5.74) is -2.88. The van der Waals surface area contributed by atoms with Crippen LogP contribution in [0.5, 0.6) is 0 Å². The van der Waals surface area contributed by atoms with Crippen LogP contribution in [0.4, 0.5) is 0 Å². The van der Waals surface area contributed by atoms with E-state index in [1.165, 1.54) is 32.0 Å². The highest BCUT2D eigenvalue weighted by Gasteiger charge is 2.34. The molecule has 0 amide bonds. The number of carboxylic acids is 2. The largest absolute Gasteiger partial charge is 0.478 e. The molecule has 0 aliphatic carbocycles. The monoisotopic (exact) mass is 454 g/mol. The molecular weight excluding hydrogens is 439 g/mol. The van der Waals surface area contributed by atoms with Crippen LogP contribution in [0.25, 0.3) is 11.1 Å². The first-order chi connectivity index (χ1) is 14.1. The average Bonchev–Trinajstić information content (AvgIpc) is 2.68. The Hall–Kier alpha value is -3.10. The lowest BCUT2D eigenvalue weighted by molar-refractivity contribution is 0.0473. The minimum Gasteiger partial charge on any atom is -0.478 e. The van der Waals surface area contributed by atoms with E-state index < -0.39 is 46.1 Å². The molecule has 0 spiro atoms. The van der Waals surface area contributed by atoms with Gasteiger partial charge >= 0.3 is 23.9 Å². The van der Waals surface area contributed by atoms with E-state index >= 15 is 0 Å². The van der Waals surface area contributed by atoms with Crippen LogP contribution in [0.3, 0.4) is 0 Å². The molecule has 0 aliphatic rings. The number of hydrogen-bond acceptors (Lipinski definition) is 6. The first-order valence-electron chi connectivity index (χ1n) is 8.61. The molecule has 2 rings (SSSR count). The molecule has 0 atom stereocenters. The van der Waals surface area contributed by atoms with E-state index in [1.807, 2.05) is 0 Å². The van der Waals surface area contributed by atoms with Gasteiger partial charge < -0.3 is 19.7 Å². The van der Waals surface area contributed by atoms with Gasteiger partial charge in [0.1, 0.15) is 0 Å². The highest BCUT2D eigenvalue weighted by atomic mass is 35.5. The molecule has 0 fully saturated rings. The quantitative estimate of drug-likeness (QED) is 0.588. The molecule has 0 heterocycles. The molecule has 2 N–H and O–H groups in total. The van der Waals surface area contributed by atoms with Crippen molar-refractivity contribution in [3.8, 4) is 11.1 Å². The molecule has 158 valence electrons. The van der Waals surface area contributed by atoms with Crippen molar-refractivity contribution in [3.63, 3.8) is 0 Å². The Balaban J connectivity index is 3.12. The Morgan fingerprint density at radius 3 is 1.90 bits per heavy atom. The van der Waals surface area contributed by atoms with Gasteiger partial charge in [0.15, 0.2) is 0 Å². The lowest BCUT2D eigenvalue weighted by Gasteiger charge is -2.18. The van der Waals surface area contributed by atoms with Gasteiger partial charge in [0.05, 0.1) is 45.5 Å². The standard InChI is InChI=1S/C20H16Cl2O8/c1-3-29-19(27)14-10(9-6-5-7-12(21)16(9)22)8-11(17(23)24)13(18(25)26)15(14)20(28)30-4-2/h5-8H,3-4H2,1-2H3,(H,23,24)(H,25,26). The Bertz CT molecular complexity index is 1050. The van der Waals surface area contributed by atoms with Crippen LogP contribution in [0, 0.1) is 0 Å². The Morgan fingerprint density at radius 2 is 1.40 bits per heavy atom. The average molecular weight is 455 g/mol. The lowest BCUT2D eigenvalue weighted by Crippen LogP contribution is -2.23. The van der Waals surface area contributed by atoms with Gasteiger partial charge in [-0.15, -0.1) is 0 Å². The molecule has 10 heteroatoms. The molecule has 0 saturated carbocycles. The third-order valence-electron chi connectivity index (χ3n) is 3.97. The second kappa shape index (κ2) is 9.60. The molecular formula is C20H16Cl2O8. The predicted octanol–water partition coefficient (Wildman–Crippen LogP) is 4.41. The Labute approximate surface area is 180 Å². The Morgan fingerprint density at radius 1 is 0.833 bits per heavy atom. The van der Waals surface area contributed by atoms with Crippen molar-refractivity contribution >= 4 is 47.1 Å². The highest BCUT2D eigenvalue weighted by Crippen LogP contribution is 2.39. The summed E-state index contributed by atoms with van der Waals surface area (Å²) >= 11 is 12.3. The molecule has 0 saturated heterocycles. The third-order valence-corrected chi connectivity index (χ3v) is 4.79. The molecule has 0 radical (unpaired) electrons. The third kappa shape index (κ3) is 4.39. The number of aromatic carboxylic acids is 2. The number of rotatable bonds is 7. The molecule has 2 aromatic rings. The fraction of sp³-hybridized carbons (Fsp3) is 0.200. The lowest BCUT2D eigenvalue weighted by atomic mass is 9.88. The van der Waals surface area contributed by atoms with E-state index in [0.29, 0.717) is 0 Å². The van der Waals surface area contributed by atoms with E-state index in [9.17, 15) is 29.4 Å². The van der Waals surface area contributed by atoms with E-state index in [-0.39, 0.29) is 34.4 Å². The van der Waals surface area contributed by atoms with E-state index in [2.05, 4.69) is 0 Å². The number of carboxylic acid groups (broad SMARTS) is 2. The first kappa shape index (κ1) is 23.2. The normalized spacial score (nSPS) is 10.4. The second-order valence-corrected chi connectivity index (χ2v) is 6.53. The van der Waals surface area contributed by atoms with Gasteiger partial charge in [0.25, 0.3) is 0 Å². The van der Waals surface area contributed by atoms with Gasteiger partial charge in [-0.05, 0) is 31.5 Å². The smallest absolute Gasteiger partial charge is 0.339 e. The van der Waals surface area contributed by atoms with Crippen molar-refractivity contribution in [1.29, 1.82) is 0 Å². The topological polar surface area (TPSA) is 127 Å². The minimum atomic E-state index is -1.73. The molecule has 8 nitrogen and oxygen atoms in total. The first-order valence-corrected chi connectivity index (χ1v) is 9.37. The molecule has 0 unspecified atom stereocenters. The van der Waals surface area contributed by atoms with Gasteiger partial charge in [-0.3, -0.25) is 0 Å². The van der Waals surface area contributed by atoms with Crippen LogP contribution in [0.1, 0.15) is 55.3 Å². The highest BCUT2D eigenvalue weighted by molar-refractivity contribution is 6.44. The predicted molar refractivity (Wildman–Crippen MR) is 108 cm³/mol. The number of carbonyl (C=O) groups excluding carboxylic acids is 2. The maximum Gasteiger partial charge on any atom is 0.339 e. The zero-order valence-electron chi connectivity index (χ0n) is 15.8. The number of esters is 2. The molecule has 0 bridgehead atoms. The summed E-state index contributed by atoms with van der Waals surface area (Å²) in [5, 5.41) is 19.3. The zero-order valence-corrected chi connectivity index (χ0v) is 17.3. The maximum atomic E-state index is 12.8. The SMILES string of the molecule is CCOC(=O)c1c(-c2cccc(Cl)c2Cl)cc(C(=O)O)c(C(=O)O)c1C(=O)OCC. The van der Waals surface area contributed by atoms with E-state index in [0.717, 1.165) is 6.07 Å². The number of carbonyl (C=O) groups is 4. The second-order valence-electron chi connectivity index (χ2n) is 5.75. The maximum absolute atomic E-state index is 12.8. The van der Waals surface area contributed by atoms with Crippen molar-refractivity contribution in [2.75, 3.05) is 13.2 Å². The number of halogens is 2. The molecule has 2 aromatic carbocycles. The van der Waals surface area contributed by atoms with Gasteiger partial charge in [0.2, 0.25) is 0 Å². The number of ether oxygens (including phenoxy) is 2. The fourth-order valence-electron chi connectivity index (χ4n) is 2.82. The Kier molecular flexibility index (Phi) is 7.42. The van der Waals surface area contributed by atoms with Gasteiger partial charge in [0, 0.05) is 5.56 Å². The number of benzene rings is 2. The van der Waals surface area contributed by atoms with Crippen LogP contribution >= 0.6 is 23.2 Å². The van der Waals surface area contributed by atoms with Crippen molar-refractivity contribution in [3.05, 3.63) is 56.6 Å². The summed E-state index contributed by atoms with van der Waals surface area (Å²) in [7, 11) is 0.